The topological polar surface area (TPSA) is 70.2 Å². The lowest BCUT2D eigenvalue weighted by atomic mass is 10.1. The zero-order chi connectivity index (χ0) is 14.7. The Kier molecular flexibility index (Phi) is 4.46. The molecule has 2 aromatic rings. The van der Waals surface area contributed by atoms with Gasteiger partial charge in [-0.05, 0) is 29.0 Å². The molecule has 6 nitrogen and oxygen atoms in total. The Labute approximate surface area is 125 Å². The number of halogens is 2. The van der Waals surface area contributed by atoms with E-state index >= 15 is 0 Å². The third kappa shape index (κ3) is 3.20. The maximum atomic E-state index is 10.7. The van der Waals surface area contributed by atoms with Gasteiger partial charge in [-0.3, -0.25) is 4.57 Å². The van der Waals surface area contributed by atoms with Gasteiger partial charge in [-0.1, -0.05) is 29.3 Å². The summed E-state index contributed by atoms with van der Waals surface area (Å²) < 4.78 is 6.58. The zero-order valence-corrected chi connectivity index (χ0v) is 12.1. The Morgan fingerprint density at radius 1 is 1.45 bits per heavy atom. The summed E-state index contributed by atoms with van der Waals surface area (Å²) in [6.07, 6.45) is 1.92. The van der Waals surface area contributed by atoms with E-state index in [0.29, 0.717) is 23.0 Å². The van der Waals surface area contributed by atoms with Crippen molar-refractivity contribution < 1.29 is 9.66 Å². The summed E-state index contributed by atoms with van der Waals surface area (Å²) in [5.74, 6) is -0.246. The van der Waals surface area contributed by atoms with Crippen molar-refractivity contribution in [2.75, 3.05) is 7.11 Å². The molecule has 8 heteroatoms. The van der Waals surface area contributed by atoms with Crippen molar-refractivity contribution >= 4 is 29.0 Å². The van der Waals surface area contributed by atoms with Crippen molar-refractivity contribution in [3.05, 3.63) is 50.1 Å². The molecular formula is C12H11Cl2N3O3. The first-order valence-electron chi connectivity index (χ1n) is 5.70. The summed E-state index contributed by atoms with van der Waals surface area (Å²) >= 11 is 11.9. The van der Waals surface area contributed by atoms with Gasteiger partial charge in [-0.15, -0.1) is 0 Å². The lowest BCUT2D eigenvalue weighted by Gasteiger charge is -2.06. The molecule has 0 aliphatic rings. The Bertz CT molecular complexity index is 643. The van der Waals surface area contributed by atoms with Crippen LogP contribution in [-0.4, -0.2) is 21.6 Å². The highest BCUT2D eigenvalue weighted by Crippen LogP contribution is 2.23. The van der Waals surface area contributed by atoms with E-state index in [1.807, 2.05) is 6.07 Å². The van der Waals surface area contributed by atoms with E-state index in [0.717, 1.165) is 5.56 Å². The third-order valence-corrected chi connectivity index (χ3v) is 3.32. The first-order valence-corrected chi connectivity index (χ1v) is 6.46. The SMILES string of the molecule is COc1nc([N+](=O)[O-])cn1CCc1ccc(Cl)cc1Cl. The van der Waals surface area contributed by atoms with E-state index in [1.54, 1.807) is 16.7 Å². The number of imidazole rings is 1. The summed E-state index contributed by atoms with van der Waals surface area (Å²) in [5, 5.41) is 11.8. The summed E-state index contributed by atoms with van der Waals surface area (Å²) in [6.45, 7) is 0.464. The second kappa shape index (κ2) is 6.11. The average molecular weight is 316 g/mol. The van der Waals surface area contributed by atoms with Crippen molar-refractivity contribution in [3.8, 4) is 6.01 Å². The predicted molar refractivity (Wildman–Crippen MR) is 75.6 cm³/mol. The van der Waals surface area contributed by atoms with Crippen LogP contribution in [0.2, 0.25) is 10.0 Å². The predicted octanol–water partition coefficient (Wildman–Crippen LogP) is 3.35. The van der Waals surface area contributed by atoms with E-state index < -0.39 is 4.92 Å². The normalized spacial score (nSPS) is 10.6. The molecule has 0 bridgehead atoms. The summed E-state index contributed by atoms with van der Waals surface area (Å²) in [5.41, 5.74) is 0.898. The molecule has 0 aliphatic carbocycles. The molecule has 1 heterocycles. The number of hydrogen-bond donors (Lipinski definition) is 0. The van der Waals surface area contributed by atoms with Crippen LogP contribution in [0.25, 0.3) is 0 Å². The maximum absolute atomic E-state index is 10.7. The highest BCUT2D eigenvalue weighted by atomic mass is 35.5. The van der Waals surface area contributed by atoms with Crippen LogP contribution in [0.5, 0.6) is 6.01 Å². The van der Waals surface area contributed by atoms with Gasteiger partial charge in [0.1, 0.15) is 6.20 Å². The first kappa shape index (κ1) is 14.6. The maximum Gasteiger partial charge on any atom is 0.413 e. The van der Waals surface area contributed by atoms with Crippen molar-refractivity contribution in [1.29, 1.82) is 0 Å². The third-order valence-electron chi connectivity index (χ3n) is 2.73. The number of ether oxygens (including phenoxy) is 1. The molecule has 2 rings (SSSR count). The van der Waals surface area contributed by atoms with E-state index in [2.05, 4.69) is 4.98 Å². The Morgan fingerprint density at radius 2 is 2.20 bits per heavy atom. The second-order valence-electron chi connectivity index (χ2n) is 4.02. The van der Waals surface area contributed by atoms with Crippen LogP contribution < -0.4 is 4.74 Å². The largest absolute Gasteiger partial charge is 0.449 e. The molecule has 0 radical (unpaired) electrons. The summed E-state index contributed by atoms with van der Waals surface area (Å²) in [4.78, 5) is 13.9. The fraction of sp³-hybridized carbons (Fsp3) is 0.250. The lowest BCUT2D eigenvalue weighted by molar-refractivity contribution is -0.389. The Hall–Kier alpha value is -1.79. The molecule has 0 saturated carbocycles. The number of nitro groups is 1. The first-order chi connectivity index (χ1) is 9.51. The van der Waals surface area contributed by atoms with E-state index in [1.165, 1.54) is 13.3 Å². The second-order valence-corrected chi connectivity index (χ2v) is 4.87. The molecule has 0 spiro atoms. The van der Waals surface area contributed by atoms with E-state index in [9.17, 15) is 10.1 Å². The van der Waals surface area contributed by atoms with Crippen molar-refractivity contribution in [2.45, 2.75) is 13.0 Å². The summed E-state index contributed by atoms with van der Waals surface area (Å²) in [6, 6.07) is 5.42. The van der Waals surface area contributed by atoms with Crippen LogP contribution >= 0.6 is 23.2 Å². The molecule has 0 atom stereocenters. The Balaban J connectivity index is 2.16. The number of rotatable bonds is 5. The number of hydrogen-bond acceptors (Lipinski definition) is 4. The van der Waals surface area contributed by atoms with Gasteiger partial charge < -0.3 is 14.9 Å². The average Bonchev–Trinajstić information content (AvgIpc) is 2.81. The molecule has 1 aromatic carbocycles. The molecule has 1 aromatic heterocycles. The lowest BCUT2D eigenvalue weighted by Crippen LogP contribution is -2.03. The standard InChI is InChI=1S/C12H11Cl2N3O3/c1-20-12-15-11(17(18)19)7-16(12)5-4-8-2-3-9(13)6-10(8)14/h2-3,6-7H,4-5H2,1H3. The molecule has 0 aliphatic heterocycles. The fourth-order valence-corrected chi connectivity index (χ4v) is 2.27. The highest BCUT2D eigenvalue weighted by Gasteiger charge is 2.19. The van der Waals surface area contributed by atoms with Crippen LogP contribution in [0.3, 0.4) is 0 Å². The van der Waals surface area contributed by atoms with Crippen LogP contribution in [0.15, 0.2) is 24.4 Å². The minimum absolute atomic E-state index is 0.196. The number of methoxy groups -OCH3 is 1. The van der Waals surface area contributed by atoms with Crippen LogP contribution in [0.4, 0.5) is 5.82 Å². The number of aryl methyl sites for hydroxylation is 2. The van der Waals surface area contributed by atoms with Gasteiger partial charge in [0, 0.05) is 21.6 Å². The molecule has 0 unspecified atom stereocenters. The molecule has 0 saturated heterocycles. The van der Waals surface area contributed by atoms with E-state index in [4.69, 9.17) is 27.9 Å². The molecule has 20 heavy (non-hydrogen) atoms. The highest BCUT2D eigenvalue weighted by molar-refractivity contribution is 6.35. The summed E-state index contributed by atoms with van der Waals surface area (Å²) in [7, 11) is 1.41. The van der Waals surface area contributed by atoms with Gasteiger partial charge in [0.15, 0.2) is 0 Å². The van der Waals surface area contributed by atoms with Gasteiger partial charge in [0.05, 0.1) is 7.11 Å². The van der Waals surface area contributed by atoms with Crippen LogP contribution in [0, 0.1) is 10.1 Å². The number of benzene rings is 1. The minimum Gasteiger partial charge on any atom is -0.449 e. The van der Waals surface area contributed by atoms with Gasteiger partial charge in [0.2, 0.25) is 0 Å². The van der Waals surface area contributed by atoms with Crippen molar-refractivity contribution in [2.24, 2.45) is 0 Å². The van der Waals surface area contributed by atoms with Gasteiger partial charge in [-0.2, -0.15) is 0 Å². The molecule has 0 amide bonds. The van der Waals surface area contributed by atoms with Gasteiger partial charge in [0.25, 0.3) is 0 Å². The Morgan fingerprint density at radius 3 is 2.80 bits per heavy atom. The number of aromatic nitrogens is 2. The fourth-order valence-electron chi connectivity index (χ4n) is 1.76. The van der Waals surface area contributed by atoms with E-state index in [-0.39, 0.29) is 11.8 Å². The van der Waals surface area contributed by atoms with Crippen molar-refractivity contribution in [1.82, 2.24) is 9.55 Å². The molecular weight excluding hydrogens is 305 g/mol. The number of nitrogens with zero attached hydrogens (tertiary/aromatic N) is 3. The van der Waals surface area contributed by atoms with Gasteiger partial charge in [-0.25, -0.2) is 0 Å². The smallest absolute Gasteiger partial charge is 0.413 e. The van der Waals surface area contributed by atoms with Gasteiger partial charge >= 0.3 is 11.8 Å². The monoisotopic (exact) mass is 315 g/mol. The molecule has 106 valence electrons. The van der Waals surface area contributed by atoms with Crippen molar-refractivity contribution in [3.63, 3.8) is 0 Å². The van der Waals surface area contributed by atoms with Crippen LogP contribution in [-0.2, 0) is 13.0 Å². The molecule has 0 fully saturated rings. The quantitative estimate of drug-likeness (QED) is 0.626. The zero-order valence-electron chi connectivity index (χ0n) is 10.5. The minimum atomic E-state index is -0.561. The molecule has 0 N–H and O–H groups in total. The van der Waals surface area contributed by atoms with Crippen LogP contribution in [0.1, 0.15) is 5.56 Å².